The fourth-order valence-corrected chi connectivity index (χ4v) is 5.98. The van der Waals surface area contributed by atoms with Crippen LogP contribution in [0.25, 0.3) is 10.8 Å². The molecule has 1 aliphatic heterocycles. The summed E-state index contributed by atoms with van der Waals surface area (Å²) in [5, 5.41) is 7.73. The van der Waals surface area contributed by atoms with Crippen molar-refractivity contribution in [1.29, 1.82) is 0 Å². The maximum atomic E-state index is 13.1. The van der Waals surface area contributed by atoms with Gasteiger partial charge in [0.15, 0.2) is 0 Å². The molecule has 2 aromatic heterocycles. The number of anilines is 1. The molecule has 6 nitrogen and oxygen atoms in total. The van der Waals surface area contributed by atoms with Crippen LogP contribution in [0.5, 0.6) is 0 Å². The minimum Gasteiger partial charge on any atom is -0.420 e. The minimum atomic E-state index is -3.62. The number of sulfonamides is 1. The Labute approximate surface area is 143 Å². The van der Waals surface area contributed by atoms with Gasteiger partial charge < -0.3 is 4.42 Å². The average Bonchev–Trinajstić information content (AvgIpc) is 3.23. The molecule has 3 aromatic rings. The number of nitrogens with zero attached hydrogens (tertiary/aromatic N) is 3. The van der Waals surface area contributed by atoms with Crippen LogP contribution in [0.15, 0.2) is 45.0 Å². The number of hydrogen-bond donors (Lipinski definition) is 0. The van der Waals surface area contributed by atoms with E-state index in [1.165, 1.54) is 4.31 Å². The van der Waals surface area contributed by atoms with Gasteiger partial charge in [0, 0.05) is 13.0 Å². The lowest BCUT2D eigenvalue weighted by molar-refractivity contribution is 0.534. The molecule has 24 heavy (non-hydrogen) atoms. The lowest BCUT2D eigenvalue weighted by atomic mass is 10.1. The van der Waals surface area contributed by atoms with Crippen molar-refractivity contribution >= 4 is 27.0 Å². The molecule has 1 aromatic carbocycles. The van der Waals surface area contributed by atoms with Gasteiger partial charge in [-0.05, 0) is 37.1 Å². The summed E-state index contributed by atoms with van der Waals surface area (Å²) in [7, 11) is -3.62. The lowest BCUT2D eigenvalue weighted by Crippen LogP contribution is -2.35. The summed E-state index contributed by atoms with van der Waals surface area (Å²) >= 11 is 1.14. The van der Waals surface area contributed by atoms with Crippen LogP contribution in [0.2, 0.25) is 0 Å². The Morgan fingerprint density at radius 3 is 2.75 bits per heavy atom. The molecule has 8 heteroatoms. The Bertz CT molecular complexity index is 1010. The summed E-state index contributed by atoms with van der Waals surface area (Å²) in [5.74, 6) is 0.790. The molecule has 0 radical (unpaired) electrons. The van der Waals surface area contributed by atoms with E-state index in [0.29, 0.717) is 16.7 Å². The first-order chi connectivity index (χ1) is 11.5. The van der Waals surface area contributed by atoms with E-state index in [2.05, 4.69) is 10.2 Å². The quantitative estimate of drug-likeness (QED) is 0.716. The number of aryl methyl sites for hydroxylation is 1. The molecular weight excluding hydrogens is 346 g/mol. The third-order valence-electron chi connectivity index (χ3n) is 3.98. The largest absolute Gasteiger partial charge is 0.420 e. The summed E-state index contributed by atoms with van der Waals surface area (Å²) in [6.45, 7) is 3.62. The molecule has 0 spiro atoms. The van der Waals surface area contributed by atoms with E-state index in [-0.39, 0.29) is 10.3 Å². The standard InChI is InChI=1S/C16H15N3O3S2/c1-10-9-12-5-3-4-6-13(12)19(10)24(20,21)15-8-7-14(23-15)16-18-17-11(2)22-16/h3-8,10H,9H2,1-2H3/t10-/m1/s1. The molecule has 0 aliphatic carbocycles. The van der Waals surface area contributed by atoms with E-state index in [0.717, 1.165) is 29.0 Å². The number of fused-ring (bicyclic) bond motifs is 1. The van der Waals surface area contributed by atoms with Crippen molar-refractivity contribution < 1.29 is 12.8 Å². The predicted octanol–water partition coefficient (Wildman–Crippen LogP) is 3.25. The average molecular weight is 361 g/mol. The van der Waals surface area contributed by atoms with Gasteiger partial charge >= 0.3 is 0 Å². The van der Waals surface area contributed by atoms with E-state index in [9.17, 15) is 8.42 Å². The van der Waals surface area contributed by atoms with Gasteiger partial charge in [0.2, 0.25) is 5.89 Å². The number of thiophene rings is 1. The van der Waals surface area contributed by atoms with Gasteiger partial charge in [0.1, 0.15) is 4.21 Å². The van der Waals surface area contributed by atoms with Crippen LogP contribution in [0, 0.1) is 6.92 Å². The monoisotopic (exact) mass is 361 g/mol. The van der Waals surface area contributed by atoms with Crippen molar-refractivity contribution in [3.05, 3.63) is 47.9 Å². The molecule has 0 fully saturated rings. The Morgan fingerprint density at radius 1 is 1.21 bits per heavy atom. The van der Waals surface area contributed by atoms with Crippen LogP contribution in [0.3, 0.4) is 0 Å². The Hall–Kier alpha value is -2.19. The van der Waals surface area contributed by atoms with Gasteiger partial charge in [-0.25, -0.2) is 8.42 Å². The summed E-state index contributed by atoms with van der Waals surface area (Å²) in [6, 6.07) is 10.8. The van der Waals surface area contributed by atoms with Crippen LogP contribution in [0.4, 0.5) is 5.69 Å². The second-order valence-corrected chi connectivity index (χ2v) is 8.85. The first kappa shape index (κ1) is 15.3. The highest BCUT2D eigenvalue weighted by Crippen LogP contribution is 2.39. The molecule has 1 atom stereocenters. The minimum absolute atomic E-state index is 0.108. The Morgan fingerprint density at radius 2 is 2.00 bits per heavy atom. The highest BCUT2D eigenvalue weighted by Gasteiger charge is 2.36. The van der Waals surface area contributed by atoms with Gasteiger partial charge in [-0.15, -0.1) is 21.5 Å². The summed E-state index contributed by atoms with van der Waals surface area (Å²) in [6.07, 6.45) is 0.719. The Kier molecular flexibility index (Phi) is 3.47. The van der Waals surface area contributed by atoms with Crippen molar-refractivity contribution in [2.24, 2.45) is 0 Å². The third-order valence-corrected chi connectivity index (χ3v) is 7.44. The molecule has 0 saturated heterocycles. The molecule has 3 heterocycles. The second kappa shape index (κ2) is 5.42. The number of hydrogen-bond acceptors (Lipinski definition) is 6. The molecule has 0 bridgehead atoms. The van der Waals surface area contributed by atoms with Crippen LogP contribution in [-0.4, -0.2) is 24.7 Å². The van der Waals surface area contributed by atoms with E-state index in [1.807, 2.05) is 31.2 Å². The van der Waals surface area contributed by atoms with Crippen molar-refractivity contribution in [2.75, 3.05) is 4.31 Å². The van der Waals surface area contributed by atoms with Gasteiger partial charge in [-0.2, -0.15) is 0 Å². The maximum Gasteiger partial charge on any atom is 0.274 e. The van der Waals surface area contributed by atoms with E-state index in [1.54, 1.807) is 19.1 Å². The van der Waals surface area contributed by atoms with Gasteiger partial charge in [0.05, 0.1) is 10.6 Å². The fraction of sp³-hybridized carbons (Fsp3) is 0.250. The third kappa shape index (κ3) is 2.33. The van der Waals surface area contributed by atoms with Gasteiger partial charge in [0.25, 0.3) is 15.9 Å². The van der Waals surface area contributed by atoms with Crippen molar-refractivity contribution in [1.82, 2.24) is 10.2 Å². The molecule has 124 valence electrons. The number of rotatable bonds is 3. The predicted molar refractivity (Wildman–Crippen MR) is 91.6 cm³/mol. The van der Waals surface area contributed by atoms with Crippen LogP contribution in [-0.2, 0) is 16.4 Å². The number of para-hydroxylation sites is 1. The Balaban J connectivity index is 1.75. The first-order valence-electron chi connectivity index (χ1n) is 7.49. The van der Waals surface area contributed by atoms with Crippen LogP contribution in [0.1, 0.15) is 18.4 Å². The number of benzene rings is 1. The summed E-state index contributed by atoms with van der Waals surface area (Å²) in [5.41, 5.74) is 1.81. The van der Waals surface area contributed by atoms with Crippen molar-refractivity contribution in [2.45, 2.75) is 30.5 Å². The smallest absolute Gasteiger partial charge is 0.274 e. The molecule has 0 unspecified atom stereocenters. The van der Waals surface area contributed by atoms with E-state index >= 15 is 0 Å². The maximum absolute atomic E-state index is 13.1. The fourth-order valence-electron chi connectivity index (χ4n) is 2.97. The molecule has 1 aliphatic rings. The van der Waals surface area contributed by atoms with Gasteiger partial charge in [-0.1, -0.05) is 18.2 Å². The zero-order valence-corrected chi connectivity index (χ0v) is 14.8. The number of aromatic nitrogens is 2. The highest BCUT2D eigenvalue weighted by molar-refractivity contribution is 7.94. The van der Waals surface area contributed by atoms with Crippen LogP contribution < -0.4 is 4.31 Å². The normalized spacial score (nSPS) is 17.2. The zero-order chi connectivity index (χ0) is 16.9. The molecular formula is C16H15N3O3S2. The zero-order valence-electron chi connectivity index (χ0n) is 13.1. The SMILES string of the molecule is Cc1nnc(-c2ccc(S(=O)(=O)N3c4ccccc4C[C@H]3C)s2)o1. The topological polar surface area (TPSA) is 76.3 Å². The van der Waals surface area contributed by atoms with Crippen molar-refractivity contribution in [3.63, 3.8) is 0 Å². The first-order valence-corrected chi connectivity index (χ1v) is 9.75. The molecule has 0 amide bonds. The highest BCUT2D eigenvalue weighted by atomic mass is 32.2. The van der Waals surface area contributed by atoms with Crippen molar-refractivity contribution in [3.8, 4) is 10.8 Å². The molecule has 0 saturated carbocycles. The summed E-state index contributed by atoms with van der Waals surface area (Å²) < 4.78 is 33.4. The second-order valence-electron chi connectivity index (χ2n) is 5.73. The molecule has 4 rings (SSSR count). The van der Waals surface area contributed by atoms with Crippen LogP contribution >= 0.6 is 11.3 Å². The van der Waals surface area contributed by atoms with Gasteiger partial charge in [-0.3, -0.25) is 4.31 Å². The summed E-state index contributed by atoms with van der Waals surface area (Å²) in [4.78, 5) is 0.648. The van der Waals surface area contributed by atoms with E-state index < -0.39 is 10.0 Å². The van der Waals surface area contributed by atoms with E-state index in [4.69, 9.17) is 4.42 Å². The molecule has 0 N–H and O–H groups in total. The lowest BCUT2D eigenvalue weighted by Gasteiger charge is -2.23.